The van der Waals surface area contributed by atoms with E-state index in [4.69, 9.17) is 11.6 Å². The third-order valence-electron chi connectivity index (χ3n) is 5.22. The summed E-state index contributed by atoms with van der Waals surface area (Å²) in [7, 11) is 0. The second kappa shape index (κ2) is 8.16. The predicted octanol–water partition coefficient (Wildman–Crippen LogP) is 6.34. The van der Waals surface area contributed by atoms with E-state index in [9.17, 15) is 14.7 Å². The Morgan fingerprint density at radius 2 is 1.75 bits per heavy atom. The lowest BCUT2D eigenvalue weighted by Gasteiger charge is -2.23. The molecule has 1 saturated heterocycles. The number of hydrogen-bond donors (Lipinski definition) is 1. The highest BCUT2D eigenvalue weighted by molar-refractivity contribution is 9.10. The summed E-state index contributed by atoms with van der Waals surface area (Å²) in [4.78, 5) is 32.3. The predicted molar refractivity (Wildman–Crippen MR) is 130 cm³/mol. The number of rotatable bonds is 3. The first-order valence-electron chi connectivity index (χ1n) is 9.62. The summed E-state index contributed by atoms with van der Waals surface area (Å²) in [5, 5.41) is 12.0. The number of anilines is 1. The van der Waals surface area contributed by atoms with Gasteiger partial charge in [0.1, 0.15) is 5.76 Å². The van der Waals surface area contributed by atoms with Gasteiger partial charge >= 0.3 is 5.91 Å². The van der Waals surface area contributed by atoms with Gasteiger partial charge in [0.15, 0.2) is 5.13 Å². The minimum atomic E-state index is -0.837. The van der Waals surface area contributed by atoms with Crippen LogP contribution < -0.4 is 4.90 Å². The zero-order valence-electron chi connectivity index (χ0n) is 16.3. The van der Waals surface area contributed by atoms with Crippen LogP contribution in [0.5, 0.6) is 0 Å². The van der Waals surface area contributed by atoms with E-state index in [0.29, 0.717) is 26.8 Å². The fraction of sp³-hybridized carbons (Fsp3) is 0.0417. The van der Waals surface area contributed by atoms with Gasteiger partial charge < -0.3 is 5.11 Å². The molecule has 1 unspecified atom stereocenters. The number of aromatic nitrogens is 1. The first kappa shape index (κ1) is 20.9. The molecule has 1 atom stereocenters. The Morgan fingerprint density at radius 3 is 2.47 bits per heavy atom. The summed E-state index contributed by atoms with van der Waals surface area (Å²) in [6, 6.07) is 20.4. The van der Waals surface area contributed by atoms with Crippen molar-refractivity contribution < 1.29 is 14.7 Å². The van der Waals surface area contributed by atoms with Gasteiger partial charge in [-0.05, 0) is 35.9 Å². The normalized spacial score (nSPS) is 17.9. The lowest BCUT2D eigenvalue weighted by molar-refractivity contribution is -0.132. The van der Waals surface area contributed by atoms with Gasteiger partial charge in [-0.3, -0.25) is 14.5 Å². The third kappa shape index (κ3) is 3.52. The van der Waals surface area contributed by atoms with Gasteiger partial charge in [-0.15, -0.1) is 0 Å². The number of thiazole rings is 1. The highest BCUT2D eigenvalue weighted by Crippen LogP contribution is 2.44. The molecule has 1 aliphatic rings. The van der Waals surface area contributed by atoms with Crippen LogP contribution in [0.1, 0.15) is 17.2 Å². The molecule has 4 aromatic rings. The molecule has 1 aromatic heterocycles. The van der Waals surface area contributed by atoms with Crippen molar-refractivity contribution in [2.75, 3.05) is 4.90 Å². The van der Waals surface area contributed by atoms with E-state index >= 15 is 0 Å². The molecule has 0 bridgehead atoms. The molecule has 8 heteroatoms. The number of aliphatic hydroxyl groups is 1. The second-order valence-corrected chi connectivity index (χ2v) is 9.56. The number of fused-ring (bicyclic) bond motifs is 1. The van der Waals surface area contributed by atoms with Gasteiger partial charge in [0.05, 0.1) is 21.8 Å². The molecule has 1 aliphatic heterocycles. The number of Topliss-reactive ketones (excluding diaryl/α,β-unsaturated/α-hetero) is 1. The van der Waals surface area contributed by atoms with Crippen molar-refractivity contribution in [3.8, 4) is 0 Å². The number of carbonyl (C=O) groups is 2. The van der Waals surface area contributed by atoms with Crippen LogP contribution in [0.15, 0.2) is 82.8 Å². The number of halogens is 2. The van der Waals surface area contributed by atoms with E-state index < -0.39 is 17.7 Å². The van der Waals surface area contributed by atoms with Crippen LogP contribution >= 0.6 is 38.9 Å². The quantitative estimate of drug-likeness (QED) is 0.192. The Balaban J connectivity index is 1.73. The summed E-state index contributed by atoms with van der Waals surface area (Å²) in [5.41, 5.74) is 1.83. The number of amides is 1. The van der Waals surface area contributed by atoms with Gasteiger partial charge in [0, 0.05) is 15.1 Å². The van der Waals surface area contributed by atoms with Crippen molar-refractivity contribution in [2.45, 2.75) is 6.04 Å². The first-order valence-corrected chi connectivity index (χ1v) is 11.6. The molecule has 0 radical (unpaired) electrons. The molecule has 5 nitrogen and oxygen atoms in total. The van der Waals surface area contributed by atoms with Gasteiger partial charge in [0.2, 0.25) is 0 Å². The van der Waals surface area contributed by atoms with Gasteiger partial charge in [-0.1, -0.05) is 81.3 Å². The van der Waals surface area contributed by atoms with Gasteiger partial charge in [-0.2, -0.15) is 0 Å². The summed E-state index contributed by atoms with van der Waals surface area (Å²) in [5.74, 6) is -1.72. The fourth-order valence-corrected chi connectivity index (χ4v) is 5.40. The molecule has 5 rings (SSSR count). The fourth-order valence-electron chi connectivity index (χ4n) is 3.73. The van der Waals surface area contributed by atoms with E-state index in [1.54, 1.807) is 48.5 Å². The highest BCUT2D eigenvalue weighted by atomic mass is 79.9. The molecule has 1 fully saturated rings. The Labute approximate surface area is 200 Å². The summed E-state index contributed by atoms with van der Waals surface area (Å²) in [6.45, 7) is 0. The van der Waals surface area contributed by atoms with Crippen molar-refractivity contribution in [3.63, 3.8) is 0 Å². The zero-order valence-corrected chi connectivity index (χ0v) is 19.5. The average Bonchev–Trinajstić information content (AvgIpc) is 3.32. The molecule has 32 heavy (non-hydrogen) atoms. The molecule has 1 N–H and O–H groups in total. The Morgan fingerprint density at radius 1 is 1.03 bits per heavy atom. The van der Waals surface area contributed by atoms with E-state index in [0.717, 1.165) is 9.17 Å². The van der Waals surface area contributed by atoms with Crippen molar-refractivity contribution in [1.29, 1.82) is 0 Å². The van der Waals surface area contributed by atoms with Crippen LogP contribution in [0, 0.1) is 0 Å². The number of hydrogen-bond acceptors (Lipinski definition) is 5. The second-order valence-electron chi connectivity index (χ2n) is 7.20. The largest absolute Gasteiger partial charge is 0.507 e. The van der Waals surface area contributed by atoms with Gasteiger partial charge in [-0.25, -0.2) is 4.98 Å². The lowest BCUT2D eigenvalue weighted by atomic mass is 9.95. The first-order chi connectivity index (χ1) is 15.4. The number of nitrogens with zero attached hydrogens (tertiary/aromatic N) is 2. The highest BCUT2D eigenvalue weighted by Gasteiger charge is 2.48. The summed E-state index contributed by atoms with van der Waals surface area (Å²) >= 11 is 10.8. The Kier molecular flexibility index (Phi) is 5.33. The smallest absolute Gasteiger partial charge is 0.301 e. The molecule has 1 amide bonds. The van der Waals surface area contributed by atoms with Crippen LogP contribution in [0.3, 0.4) is 0 Å². The van der Waals surface area contributed by atoms with Crippen LogP contribution in [-0.2, 0) is 9.59 Å². The van der Waals surface area contributed by atoms with E-state index in [1.165, 1.54) is 16.2 Å². The average molecular weight is 526 g/mol. The van der Waals surface area contributed by atoms with Crippen LogP contribution in [0.2, 0.25) is 5.02 Å². The standard InChI is InChI=1S/C24H14BrClN2O3S/c25-15-8-11-17-18(12-15)32-24(27-17)28-20(13-6-9-16(26)10-7-13)19(22(30)23(28)31)21(29)14-4-2-1-3-5-14/h1-12,20,29H. The number of benzene rings is 3. The van der Waals surface area contributed by atoms with Crippen LogP contribution in [0.25, 0.3) is 16.0 Å². The summed E-state index contributed by atoms with van der Waals surface area (Å²) < 4.78 is 1.76. The SMILES string of the molecule is O=C1C(=O)N(c2nc3ccc(Br)cc3s2)C(c2ccc(Cl)cc2)C1=C(O)c1ccccc1. The maximum atomic E-state index is 13.2. The minimum absolute atomic E-state index is 0.0176. The molecule has 0 spiro atoms. The van der Waals surface area contributed by atoms with Gasteiger partial charge in [0.25, 0.3) is 5.78 Å². The van der Waals surface area contributed by atoms with Crippen LogP contribution in [-0.4, -0.2) is 21.8 Å². The van der Waals surface area contributed by atoms with E-state index in [1.807, 2.05) is 24.3 Å². The van der Waals surface area contributed by atoms with E-state index in [-0.39, 0.29) is 11.3 Å². The number of ketones is 1. The molecule has 2 heterocycles. The molecular formula is C24H14BrClN2O3S. The molecule has 158 valence electrons. The minimum Gasteiger partial charge on any atom is -0.507 e. The molecule has 0 aliphatic carbocycles. The molecule has 3 aromatic carbocycles. The third-order valence-corrected chi connectivity index (χ3v) is 6.99. The maximum Gasteiger partial charge on any atom is 0.301 e. The monoisotopic (exact) mass is 524 g/mol. The number of carbonyl (C=O) groups excluding carboxylic acids is 2. The maximum absolute atomic E-state index is 13.2. The van der Waals surface area contributed by atoms with E-state index in [2.05, 4.69) is 20.9 Å². The summed E-state index contributed by atoms with van der Waals surface area (Å²) in [6.07, 6.45) is 0. The van der Waals surface area contributed by atoms with Crippen molar-refractivity contribution in [3.05, 3.63) is 99.0 Å². The van der Waals surface area contributed by atoms with Crippen molar-refractivity contribution >= 4 is 71.7 Å². The molecular weight excluding hydrogens is 512 g/mol. The Hall–Kier alpha value is -3.00. The molecule has 0 saturated carbocycles. The zero-order chi connectivity index (χ0) is 22.4. The lowest BCUT2D eigenvalue weighted by Crippen LogP contribution is -2.29. The van der Waals surface area contributed by atoms with Crippen molar-refractivity contribution in [1.82, 2.24) is 4.98 Å². The van der Waals surface area contributed by atoms with Crippen LogP contribution in [0.4, 0.5) is 5.13 Å². The van der Waals surface area contributed by atoms with Crippen molar-refractivity contribution in [2.24, 2.45) is 0 Å². The Bertz CT molecular complexity index is 1400. The number of aliphatic hydroxyl groups excluding tert-OH is 1. The topological polar surface area (TPSA) is 70.5 Å².